The summed E-state index contributed by atoms with van der Waals surface area (Å²) in [6.45, 7) is 0.445. The van der Waals surface area contributed by atoms with E-state index < -0.39 is 0 Å². The van der Waals surface area contributed by atoms with Crippen molar-refractivity contribution in [2.24, 2.45) is 0 Å². The lowest BCUT2D eigenvalue weighted by atomic mass is 10.1. The van der Waals surface area contributed by atoms with Gasteiger partial charge >= 0.3 is 0 Å². The molecule has 0 bridgehead atoms. The van der Waals surface area contributed by atoms with Crippen molar-refractivity contribution >= 4 is 5.91 Å². The van der Waals surface area contributed by atoms with Crippen LogP contribution in [0.1, 0.15) is 17.7 Å². The fraction of sp³-hybridized carbons (Fsp3) is 0.190. The van der Waals surface area contributed by atoms with E-state index in [-0.39, 0.29) is 24.0 Å². The molecule has 1 N–H and O–H groups in total. The molecule has 0 saturated heterocycles. The summed E-state index contributed by atoms with van der Waals surface area (Å²) in [5, 5.41) is 2.81. The van der Waals surface area contributed by atoms with Crippen molar-refractivity contribution in [1.29, 1.82) is 0 Å². The highest BCUT2D eigenvalue weighted by Crippen LogP contribution is 2.25. The summed E-state index contributed by atoms with van der Waals surface area (Å²) < 4.78 is 32.5. The van der Waals surface area contributed by atoms with Crippen molar-refractivity contribution in [3.63, 3.8) is 0 Å². The van der Waals surface area contributed by atoms with Gasteiger partial charge < -0.3 is 9.73 Å². The van der Waals surface area contributed by atoms with E-state index in [9.17, 15) is 13.6 Å². The van der Waals surface area contributed by atoms with Gasteiger partial charge in [-0.05, 0) is 48.4 Å². The highest BCUT2D eigenvalue weighted by molar-refractivity contribution is 5.76. The topological polar surface area (TPSA) is 42.2 Å². The number of hydrogen-bond acceptors (Lipinski definition) is 2. The van der Waals surface area contributed by atoms with Gasteiger partial charge in [0.15, 0.2) is 0 Å². The maximum Gasteiger partial charge on any atom is 0.220 e. The zero-order valence-electron chi connectivity index (χ0n) is 14.2. The quantitative estimate of drug-likeness (QED) is 0.677. The number of nitrogens with one attached hydrogen (secondary N) is 1. The van der Waals surface area contributed by atoms with Crippen LogP contribution in [0.5, 0.6) is 0 Å². The van der Waals surface area contributed by atoms with E-state index >= 15 is 0 Å². The SMILES string of the molecule is O=C(CCc1ccc(-c2ccccc2F)o1)NCCc1cccc(F)c1. The van der Waals surface area contributed by atoms with Crippen LogP contribution >= 0.6 is 0 Å². The predicted octanol–water partition coefficient (Wildman–Crippen LogP) is 4.52. The van der Waals surface area contributed by atoms with Crippen LogP contribution in [0.2, 0.25) is 0 Å². The van der Waals surface area contributed by atoms with Crippen molar-refractivity contribution in [3.05, 3.63) is 83.6 Å². The Hall–Kier alpha value is -2.95. The smallest absolute Gasteiger partial charge is 0.220 e. The zero-order valence-corrected chi connectivity index (χ0v) is 14.2. The molecular formula is C21H19F2NO2. The lowest BCUT2D eigenvalue weighted by Crippen LogP contribution is -2.25. The number of carbonyl (C=O) groups excluding carboxylic acids is 1. The third-order valence-corrected chi connectivity index (χ3v) is 4.02. The summed E-state index contributed by atoms with van der Waals surface area (Å²) in [5.74, 6) is 0.346. The number of benzene rings is 2. The fourth-order valence-corrected chi connectivity index (χ4v) is 2.68. The van der Waals surface area contributed by atoms with Crippen molar-refractivity contribution in [2.45, 2.75) is 19.3 Å². The predicted molar refractivity (Wildman–Crippen MR) is 95.5 cm³/mol. The van der Waals surface area contributed by atoms with E-state index in [2.05, 4.69) is 5.32 Å². The molecule has 0 aliphatic rings. The molecule has 134 valence electrons. The highest BCUT2D eigenvalue weighted by atomic mass is 19.1. The van der Waals surface area contributed by atoms with Crippen LogP contribution in [0.3, 0.4) is 0 Å². The molecule has 0 aliphatic heterocycles. The first-order chi connectivity index (χ1) is 12.6. The van der Waals surface area contributed by atoms with Crippen LogP contribution in [-0.2, 0) is 17.6 Å². The average Bonchev–Trinajstić information content (AvgIpc) is 3.09. The lowest BCUT2D eigenvalue weighted by molar-refractivity contribution is -0.121. The van der Waals surface area contributed by atoms with Crippen molar-refractivity contribution < 1.29 is 18.0 Å². The summed E-state index contributed by atoms with van der Waals surface area (Å²) in [6.07, 6.45) is 1.27. The molecule has 26 heavy (non-hydrogen) atoms. The van der Waals surface area contributed by atoms with Gasteiger partial charge in [0.1, 0.15) is 23.2 Å². The van der Waals surface area contributed by atoms with Crippen molar-refractivity contribution in [3.8, 4) is 11.3 Å². The summed E-state index contributed by atoms with van der Waals surface area (Å²) in [5.41, 5.74) is 1.24. The minimum absolute atomic E-state index is 0.106. The van der Waals surface area contributed by atoms with Gasteiger partial charge in [-0.2, -0.15) is 0 Å². The Kier molecular flexibility index (Phi) is 5.79. The van der Waals surface area contributed by atoms with Crippen LogP contribution in [0.15, 0.2) is 65.1 Å². The lowest BCUT2D eigenvalue weighted by Gasteiger charge is -2.05. The van der Waals surface area contributed by atoms with Gasteiger partial charge in [0, 0.05) is 19.4 Å². The van der Waals surface area contributed by atoms with Gasteiger partial charge in [-0.15, -0.1) is 0 Å². The van der Waals surface area contributed by atoms with Crippen molar-refractivity contribution in [1.82, 2.24) is 5.32 Å². The van der Waals surface area contributed by atoms with Crippen LogP contribution < -0.4 is 5.32 Å². The van der Waals surface area contributed by atoms with Gasteiger partial charge in [0.05, 0.1) is 5.56 Å². The van der Waals surface area contributed by atoms with Gasteiger partial charge in [-0.1, -0.05) is 24.3 Å². The number of rotatable bonds is 7. The van der Waals surface area contributed by atoms with E-state index in [0.717, 1.165) is 5.56 Å². The summed E-state index contributed by atoms with van der Waals surface area (Å²) in [4.78, 5) is 11.9. The molecule has 3 nitrogen and oxygen atoms in total. The molecule has 1 aromatic heterocycles. The molecule has 1 amide bonds. The third-order valence-electron chi connectivity index (χ3n) is 4.02. The second kappa shape index (κ2) is 8.43. The third kappa shape index (κ3) is 4.79. The molecule has 0 atom stereocenters. The Morgan fingerprint density at radius 1 is 0.962 bits per heavy atom. The number of aryl methyl sites for hydroxylation is 1. The van der Waals surface area contributed by atoms with Gasteiger partial charge in [0.25, 0.3) is 0 Å². The number of furan rings is 1. The van der Waals surface area contributed by atoms with Crippen LogP contribution in [0.25, 0.3) is 11.3 Å². The van der Waals surface area contributed by atoms with Gasteiger partial charge in [0.2, 0.25) is 5.91 Å². The Balaban J connectivity index is 1.45. The summed E-state index contributed by atoms with van der Waals surface area (Å²) >= 11 is 0. The number of hydrogen-bond donors (Lipinski definition) is 1. The molecule has 2 aromatic carbocycles. The van der Waals surface area contributed by atoms with E-state index in [1.165, 1.54) is 18.2 Å². The zero-order chi connectivity index (χ0) is 18.4. The van der Waals surface area contributed by atoms with Gasteiger partial charge in [-0.25, -0.2) is 8.78 Å². The maximum absolute atomic E-state index is 13.8. The molecular weight excluding hydrogens is 336 g/mol. The molecule has 3 rings (SSSR count). The molecule has 0 aliphatic carbocycles. The molecule has 0 unspecified atom stereocenters. The molecule has 0 saturated carbocycles. The van der Waals surface area contributed by atoms with E-state index in [1.807, 2.05) is 6.07 Å². The Morgan fingerprint density at radius 3 is 2.62 bits per heavy atom. The minimum atomic E-state index is -0.344. The Morgan fingerprint density at radius 2 is 1.81 bits per heavy atom. The first kappa shape index (κ1) is 17.9. The summed E-state index contributed by atoms with van der Waals surface area (Å²) in [7, 11) is 0. The first-order valence-corrected chi connectivity index (χ1v) is 8.46. The fourth-order valence-electron chi connectivity index (χ4n) is 2.68. The second-order valence-corrected chi connectivity index (χ2v) is 5.98. The molecule has 5 heteroatoms. The second-order valence-electron chi connectivity index (χ2n) is 5.98. The number of amides is 1. The van der Waals surface area contributed by atoms with E-state index in [1.54, 1.807) is 36.4 Å². The van der Waals surface area contributed by atoms with Crippen LogP contribution in [0.4, 0.5) is 8.78 Å². The number of halogens is 2. The normalized spacial score (nSPS) is 10.7. The first-order valence-electron chi connectivity index (χ1n) is 8.46. The molecule has 0 radical (unpaired) electrons. The van der Waals surface area contributed by atoms with Crippen molar-refractivity contribution in [2.75, 3.05) is 6.54 Å². The molecule has 0 fully saturated rings. The highest BCUT2D eigenvalue weighted by Gasteiger charge is 2.10. The standard InChI is InChI=1S/C21H19F2NO2/c22-16-5-3-4-15(14-16)12-13-24-21(25)11-9-17-8-10-20(26-17)18-6-1-2-7-19(18)23/h1-8,10,14H,9,11-13H2,(H,24,25). The van der Waals surface area contributed by atoms with Gasteiger partial charge in [-0.3, -0.25) is 4.79 Å². The molecule has 1 heterocycles. The molecule has 3 aromatic rings. The largest absolute Gasteiger partial charge is 0.461 e. The van der Waals surface area contributed by atoms with Crippen LogP contribution in [0, 0.1) is 11.6 Å². The summed E-state index contributed by atoms with van der Waals surface area (Å²) in [6, 6.07) is 16.2. The Labute approximate surface area is 150 Å². The van der Waals surface area contributed by atoms with E-state index in [0.29, 0.717) is 36.5 Å². The number of carbonyl (C=O) groups is 1. The Bertz CT molecular complexity index is 889. The monoisotopic (exact) mass is 355 g/mol. The average molecular weight is 355 g/mol. The van der Waals surface area contributed by atoms with Crippen LogP contribution in [-0.4, -0.2) is 12.5 Å². The minimum Gasteiger partial charge on any atom is -0.461 e. The maximum atomic E-state index is 13.8. The molecule has 0 spiro atoms. The van der Waals surface area contributed by atoms with E-state index in [4.69, 9.17) is 4.42 Å².